The van der Waals surface area contributed by atoms with Gasteiger partial charge in [-0.25, -0.2) is 0 Å². The first-order valence-corrected chi connectivity index (χ1v) is 4.67. The topological polar surface area (TPSA) is 46.3 Å². The lowest BCUT2D eigenvalue weighted by Gasteiger charge is -2.21. The third kappa shape index (κ3) is 5.56. The molecule has 88 valence electrons. The molecule has 0 radical (unpaired) electrons. The molecule has 0 bridgehead atoms. The van der Waals surface area contributed by atoms with Crippen LogP contribution in [-0.2, 0) is 4.79 Å². The van der Waals surface area contributed by atoms with E-state index in [2.05, 4.69) is 12.2 Å². The quantitative estimate of drug-likeness (QED) is 0.756. The van der Waals surface area contributed by atoms with E-state index in [-0.39, 0.29) is 11.5 Å². The maximum atomic E-state index is 11.9. The Morgan fingerprint density at radius 2 is 2.00 bits per heavy atom. The molecule has 1 amide bonds. The van der Waals surface area contributed by atoms with Crippen LogP contribution in [0.4, 0.5) is 13.2 Å². The number of alkyl halides is 3. The van der Waals surface area contributed by atoms with Gasteiger partial charge < -0.3 is 10.6 Å². The molecule has 1 atom stereocenters. The summed E-state index contributed by atoms with van der Waals surface area (Å²) in [5.41, 5.74) is 5.22. The summed E-state index contributed by atoms with van der Waals surface area (Å²) in [5, 5.41) is 0. The Morgan fingerprint density at radius 3 is 2.33 bits per heavy atom. The smallest absolute Gasteiger partial charge is 0.390 e. The van der Waals surface area contributed by atoms with Gasteiger partial charge in [-0.05, 0) is 6.92 Å². The highest BCUT2D eigenvalue weighted by atomic mass is 32.1. The van der Waals surface area contributed by atoms with Gasteiger partial charge in [0.1, 0.15) is 0 Å². The van der Waals surface area contributed by atoms with Crippen molar-refractivity contribution >= 4 is 23.1 Å². The summed E-state index contributed by atoms with van der Waals surface area (Å²) in [6, 6.07) is 0. The number of thiocarbonyl (C=S) groups is 1. The van der Waals surface area contributed by atoms with Crippen molar-refractivity contribution in [3.63, 3.8) is 0 Å². The van der Waals surface area contributed by atoms with Gasteiger partial charge in [0, 0.05) is 13.6 Å². The van der Waals surface area contributed by atoms with Crippen LogP contribution in [0.2, 0.25) is 0 Å². The summed E-state index contributed by atoms with van der Waals surface area (Å²) >= 11 is 4.58. The van der Waals surface area contributed by atoms with Crippen LogP contribution in [0.1, 0.15) is 13.3 Å². The second-order valence-corrected chi connectivity index (χ2v) is 3.72. The van der Waals surface area contributed by atoms with Crippen molar-refractivity contribution in [1.29, 1.82) is 0 Å². The number of nitrogens with zero attached hydrogens (tertiary/aromatic N) is 1. The van der Waals surface area contributed by atoms with Crippen LogP contribution in [0, 0.1) is 5.92 Å². The van der Waals surface area contributed by atoms with Crippen molar-refractivity contribution < 1.29 is 18.0 Å². The van der Waals surface area contributed by atoms with E-state index in [4.69, 9.17) is 5.73 Å². The Kier molecular flexibility index (Phi) is 4.99. The highest BCUT2D eigenvalue weighted by Gasteiger charge is 2.29. The lowest BCUT2D eigenvalue weighted by molar-refractivity contribution is -0.144. The summed E-state index contributed by atoms with van der Waals surface area (Å²) in [4.78, 5) is 12.4. The van der Waals surface area contributed by atoms with Gasteiger partial charge in [0.2, 0.25) is 5.91 Å². The highest BCUT2D eigenvalue weighted by Crippen LogP contribution is 2.19. The van der Waals surface area contributed by atoms with E-state index in [1.807, 2.05) is 0 Å². The van der Waals surface area contributed by atoms with Crippen LogP contribution in [0.3, 0.4) is 0 Å². The van der Waals surface area contributed by atoms with Gasteiger partial charge >= 0.3 is 6.18 Å². The number of halogens is 3. The fraction of sp³-hybridized carbons (Fsp3) is 0.750. The van der Waals surface area contributed by atoms with E-state index < -0.39 is 24.4 Å². The first kappa shape index (κ1) is 14.2. The van der Waals surface area contributed by atoms with Crippen molar-refractivity contribution in [2.24, 2.45) is 11.7 Å². The average Bonchev–Trinajstić information content (AvgIpc) is 2.10. The van der Waals surface area contributed by atoms with E-state index in [0.717, 1.165) is 4.90 Å². The zero-order valence-corrected chi connectivity index (χ0v) is 9.28. The first-order chi connectivity index (χ1) is 6.65. The van der Waals surface area contributed by atoms with E-state index in [1.165, 1.54) is 14.0 Å². The first-order valence-electron chi connectivity index (χ1n) is 4.26. The molecular formula is C8H13F3N2OS. The number of hydrogen-bond acceptors (Lipinski definition) is 2. The largest absolute Gasteiger partial charge is 0.393 e. The Bertz CT molecular complexity index is 255. The molecule has 0 rings (SSSR count). The van der Waals surface area contributed by atoms with E-state index in [9.17, 15) is 18.0 Å². The summed E-state index contributed by atoms with van der Waals surface area (Å²) in [6.45, 7) is 1.09. The molecule has 0 fully saturated rings. The molecule has 0 aromatic rings. The maximum absolute atomic E-state index is 11.9. The van der Waals surface area contributed by atoms with Gasteiger partial charge in [0.05, 0.1) is 17.3 Å². The predicted molar refractivity (Wildman–Crippen MR) is 54.3 cm³/mol. The molecule has 7 heteroatoms. The Balaban J connectivity index is 4.17. The average molecular weight is 242 g/mol. The van der Waals surface area contributed by atoms with Crippen molar-refractivity contribution in [2.75, 3.05) is 13.6 Å². The van der Waals surface area contributed by atoms with Crippen molar-refractivity contribution in [1.82, 2.24) is 4.90 Å². The molecule has 0 aromatic heterocycles. The third-order valence-electron chi connectivity index (χ3n) is 1.90. The van der Waals surface area contributed by atoms with E-state index in [0.29, 0.717) is 0 Å². The summed E-state index contributed by atoms with van der Waals surface area (Å²) in [7, 11) is 1.29. The summed E-state index contributed by atoms with van der Waals surface area (Å²) < 4.78 is 35.6. The van der Waals surface area contributed by atoms with Crippen molar-refractivity contribution in [2.45, 2.75) is 19.5 Å². The lowest BCUT2D eigenvalue weighted by atomic mass is 10.1. The molecule has 3 nitrogen and oxygen atoms in total. The van der Waals surface area contributed by atoms with Gasteiger partial charge in [-0.2, -0.15) is 13.2 Å². The summed E-state index contributed by atoms with van der Waals surface area (Å²) in [6.07, 6.45) is -5.29. The highest BCUT2D eigenvalue weighted by molar-refractivity contribution is 7.80. The zero-order chi connectivity index (χ0) is 12.2. The minimum absolute atomic E-state index is 0.0149. The Hall–Kier alpha value is -0.850. The van der Waals surface area contributed by atoms with Crippen LogP contribution >= 0.6 is 12.2 Å². The number of rotatable bonds is 4. The number of nitrogens with two attached hydrogens (primary N) is 1. The molecule has 0 spiro atoms. The van der Waals surface area contributed by atoms with Crippen LogP contribution < -0.4 is 5.73 Å². The molecule has 0 heterocycles. The van der Waals surface area contributed by atoms with Crippen LogP contribution in [0.15, 0.2) is 0 Å². The molecule has 0 aromatic carbocycles. The SMILES string of the molecule is CC(C(=O)N(C)CCC(F)(F)F)C(N)=S. The molecule has 0 saturated carbocycles. The van der Waals surface area contributed by atoms with E-state index >= 15 is 0 Å². The second-order valence-electron chi connectivity index (χ2n) is 3.25. The second kappa shape index (κ2) is 5.29. The zero-order valence-electron chi connectivity index (χ0n) is 8.47. The van der Waals surface area contributed by atoms with Crippen LogP contribution in [0.5, 0.6) is 0 Å². The van der Waals surface area contributed by atoms with Gasteiger partial charge in [-0.15, -0.1) is 0 Å². The monoisotopic (exact) mass is 242 g/mol. The number of amides is 1. The standard InChI is InChI=1S/C8H13F3N2OS/c1-5(6(12)15)7(14)13(2)4-3-8(9,10)11/h5H,3-4H2,1-2H3,(H2,12,15). The van der Waals surface area contributed by atoms with Gasteiger partial charge in [-0.3, -0.25) is 4.79 Å². The molecule has 1 unspecified atom stereocenters. The third-order valence-corrected chi connectivity index (χ3v) is 2.26. The van der Waals surface area contributed by atoms with Gasteiger partial charge in [0.15, 0.2) is 0 Å². The van der Waals surface area contributed by atoms with Gasteiger partial charge in [0.25, 0.3) is 0 Å². The van der Waals surface area contributed by atoms with Gasteiger partial charge in [-0.1, -0.05) is 12.2 Å². The number of hydrogen-bond donors (Lipinski definition) is 1. The van der Waals surface area contributed by atoms with Crippen LogP contribution in [0.25, 0.3) is 0 Å². The minimum Gasteiger partial charge on any atom is -0.393 e. The molecular weight excluding hydrogens is 229 g/mol. The molecule has 0 saturated heterocycles. The molecule has 15 heavy (non-hydrogen) atoms. The molecule has 0 aliphatic heterocycles. The van der Waals surface area contributed by atoms with Crippen molar-refractivity contribution in [3.8, 4) is 0 Å². The number of carbonyl (C=O) groups excluding carboxylic acids is 1. The Labute approximate surface area is 91.4 Å². The maximum Gasteiger partial charge on any atom is 0.390 e. The Morgan fingerprint density at radius 1 is 1.53 bits per heavy atom. The fourth-order valence-electron chi connectivity index (χ4n) is 0.857. The molecule has 0 aliphatic rings. The predicted octanol–water partition coefficient (Wildman–Crippen LogP) is 1.32. The molecule has 0 aliphatic carbocycles. The summed E-state index contributed by atoms with van der Waals surface area (Å²) in [5.74, 6) is -1.22. The molecule has 2 N–H and O–H groups in total. The lowest BCUT2D eigenvalue weighted by Crippen LogP contribution is -2.39. The fourth-order valence-corrected chi connectivity index (χ4v) is 0.958. The number of carbonyl (C=O) groups is 1. The van der Waals surface area contributed by atoms with Crippen molar-refractivity contribution in [3.05, 3.63) is 0 Å². The normalized spacial score (nSPS) is 13.4. The van der Waals surface area contributed by atoms with Crippen LogP contribution in [-0.4, -0.2) is 35.6 Å². The van der Waals surface area contributed by atoms with E-state index in [1.54, 1.807) is 0 Å². The minimum atomic E-state index is -4.26.